The summed E-state index contributed by atoms with van der Waals surface area (Å²) in [5, 5.41) is 0. The van der Waals surface area contributed by atoms with Crippen LogP contribution in [0.1, 0.15) is 25.8 Å². The lowest BCUT2D eigenvalue weighted by Crippen LogP contribution is -2.40. The number of halogens is 1. The van der Waals surface area contributed by atoms with E-state index in [1.807, 2.05) is 6.92 Å². The first-order chi connectivity index (χ1) is 7.03. The van der Waals surface area contributed by atoms with E-state index in [9.17, 15) is 0 Å². The van der Waals surface area contributed by atoms with Crippen molar-refractivity contribution >= 4 is 22.6 Å². The first kappa shape index (κ1) is 12.9. The summed E-state index contributed by atoms with van der Waals surface area (Å²) in [6.07, 6.45) is 0.930. The van der Waals surface area contributed by atoms with Gasteiger partial charge in [0, 0.05) is 9.11 Å². The molecular formula is C12H18INO. The van der Waals surface area contributed by atoms with Crippen LogP contribution in [0.25, 0.3) is 0 Å². The minimum Gasteiger partial charge on any atom is -0.375 e. The lowest BCUT2D eigenvalue weighted by atomic mass is 10.0. The van der Waals surface area contributed by atoms with Crippen LogP contribution in [-0.2, 0) is 11.3 Å². The number of hydrogen-bond acceptors (Lipinski definition) is 2. The van der Waals surface area contributed by atoms with Crippen molar-refractivity contribution in [3.8, 4) is 0 Å². The Morgan fingerprint density at radius 2 is 1.93 bits per heavy atom. The van der Waals surface area contributed by atoms with Gasteiger partial charge in [0.1, 0.15) is 0 Å². The van der Waals surface area contributed by atoms with Gasteiger partial charge in [-0.15, -0.1) is 0 Å². The summed E-state index contributed by atoms with van der Waals surface area (Å²) < 4.78 is 6.83. The second-order valence-corrected chi connectivity index (χ2v) is 5.37. The van der Waals surface area contributed by atoms with E-state index in [2.05, 4.69) is 53.8 Å². The third-order valence-corrected chi connectivity index (χ3v) is 3.14. The summed E-state index contributed by atoms with van der Waals surface area (Å²) in [6.45, 7) is 5.34. The minimum absolute atomic E-state index is 0.205. The molecule has 0 radical (unpaired) electrons. The largest absolute Gasteiger partial charge is 0.375 e. The molecule has 84 valence electrons. The third-order valence-electron chi connectivity index (χ3n) is 2.42. The number of hydrogen-bond donors (Lipinski definition) is 1. The van der Waals surface area contributed by atoms with E-state index in [1.165, 1.54) is 9.13 Å². The molecule has 0 saturated carbocycles. The molecule has 0 amide bonds. The fourth-order valence-electron chi connectivity index (χ4n) is 1.08. The van der Waals surface area contributed by atoms with Crippen LogP contribution in [0.3, 0.4) is 0 Å². The smallest absolute Gasteiger partial charge is 0.0717 e. The third kappa shape index (κ3) is 4.95. The highest BCUT2D eigenvalue weighted by atomic mass is 127. The van der Waals surface area contributed by atoms with Crippen molar-refractivity contribution in [3.05, 3.63) is 33.4 Å². The standard InChI is InChI=1S/C12H18INO/c1-3-12(2,14)9-15-8-10-4-6-11(13)7-5-10/h4-7H,3,8-9,14H2,1-2H3. The van der Waals surface area contributed by atoms with Gasteiger partial charge in [0.2, 0.25) is 0 Å². The molecule has 1 aromatic carbocycles. The molecule has 0 aromatic heterocycles. The lowest BCUT2D eigenvalue weighted by Gasteiger charge is -2.22. The topological polar surface area (TPSA) is 35.2 Å². The lowest BCUT2D eigenvalue weighted by molar-refractivity contribution is 0.0777. The Morgan fingerprint density at radius 1 is 1.33 bits per heavy atom. The molecule has 2 nitrogen and oxygen atoms in total. The molecular weight excluding hydrogens is 301 g/mol. The number of rotatable bonds is 5. The van der Waals surface area contributed by atoms with Crippen LogP contribution in [-0.4, -0.2) is 12.1 Å². The van der Waals surface area contributed by atoms with Crippen molar-refractivity contribution < 1.29 is 4.74 Å². The fourth-order valence-corrected chi connectivity index (χ4v) is 1.44. The molecule has 1 rings (SSSR count). The predicted octanol–water partition coefficient (Wildman–Crippen LogP) is 2.94. The summed E-state index contributed by atoms with van der Waals surface area (Å²) in [7, 11) is 0. The highest BCUT2D eigenvalue weighted by Crippen LogP contribution is 2.10. The molecule has 1 aromatic rings. The molecule has 0 heterocycles. The second kappa shape index (κ2) is 5.82. The minimum atomic E-state index is -0.205. The van der Waals surface area contributed by atoms with Gasteiger partial charge in [-0.25, -0.2) is 0 Å². The van der Waals surface area contributed by atoms with Gasteiger partial charge in [-0.1, -0.05) is 19.1 Å². The van der Waals surface area contributed by atoms with Crippen molar-refractivity contribution in [3.63, 3.8) is 0 Å². The van der Waals surface area contributed by atoms with E-state index < -0.39 is 0 Å². The van der Waals surface area contributed by atoms with Gasteiger partial charge < -0.3 is 10.5 Å². The second-order valence-electron chi connectivity index (χ2n) is 4.13. The van der Waals surface area contributed by atoms with Crippen molar-refractivity contribution in [2.45, 2.75) is 32.4 Å². The van der Waals surface area contributed by atoms with Crippen LogP contribution in [0.15, 0.2) is 24.3 Å². The monoisotopic (exact) mass is 319 g/mol. The Kier molecular flexibility index (Phi) is 5.02. The Bertz CT molecular complexity index is 295. The molecule has 0 saturated heterocycles. The molecule has 0 aliphatic rings. The highest BCUT2D eigenvalue weighted by Gasteiger charge is 2.15. The first-order valence-corrected chi connectivity index (χ1v) is 6.22. The summed E-state index contributed by atoms with van der Waals surface area (Å²) >= 11 is 2.29. The van der Waals surface area contributed by atoms with Crippen LogP contribution in [0.4, 0.5) is 0 Å². The van der Waals surface area contributed by atoms with Crippen LogP contribution in [0.2, 0.25) is 0 Å². The van der Waals surface area contributed by atoms with Gasteiger partial charge in [0.25, 0.3) is 0 Å². The number of nitrogens with two attached hydrogens (primary N) is 1. The zero-order valence-electron chi connectivity index (χ0n) is 9.29. The number of ether oxygens (including phenoxy) is 1. The molecule has 1 atom stereocenters. The van der Waals surface area contributed by atoms with E-state index in [-0.39, 0.29) is 5.54 Å². The van der Waals surface area contributed by atoms with E-state index in [0.29, 0.717) is 13.2 Å². The molecule has 0 aliphatic heterocycles. The van der Waals surface area contributed by atoms with Crippen molar-refractivity contribution in [2.24, 2.45) is 5.73 Å². The van der Waals surface area contributed by atoms with E-state index >= 15 is 0 Å². The van der Waals surface area contributed by atoms with Gasteiger partial charge >= 0.3 is 0 Å². The maximum Gasteiger partial charge on any atom is 0.0717 e. The van der Waals surface area contributed by atoms with E-state index in [1.54, 1.807) is 0 Å². The normalized spacial score (nSPS) is 14.9. The molecule has 1 unspecified atom stereocenters. The summed E-state index contributed by atoms with van der Waals surface area (Å²) in [6, 6.07) is 8.34. The maximum atomic E-state index is 5.98. The van der Waals surface area contributed by atoms with E-state index in [4.69, 9.17) is 10.5 Å². The summed E-state index contributed by atoms with van der Waals surface area (Å²) in [4.78, 5) is 0. The number of benzene rings is 1. The molecule has 2 N–H and O–H groups in total. The van der Waals surface area contributed by atoms with Gasteiger partial charge in [-0.3, -0.25) is 0 Å². The molecule has 15 heavy (non-hydrogen) atoms. The SMILES string of the molecule is CCC(C)(N)COCc1ccc(I)cc1. The van der Waals surface area contributed by atoms with Gasteiger partial charge in [0.05, 0.1) is 13.2 Å². The van der Waals surface area contributed by atoms with Gasteiger partial charge in [-0.05, 0) is 53.6 Å². The quantitative estimate of drug-likeness (QED) is 0.847. The van der Waals surface area contributed by atoms with Crippen LogP contribution >= 0.6 is 22.6 Å². The molecule has 0 aliphatic carbocycles. The Balaban J connectivity index is 2.35. The Labute approximate surface area is 105 Å². The van der Waals surface area contributed by atoms with Crippen LogP contribution in [0, 0.1) is 3.57 Å². The van der Waals surface area contributed by atoms with Crippen LogP contribution < -0.4 is 5.73 Å². The predicted molar refractivity (Wildman–Crippen MR) is 71.7 cm³/mol. The first-order valence-electron chi connectivity index (χ1n) is 5.14. The van der Waals surface area contributed by atoms with Crippen LogP contribution in [0.5, 0.6) is 0 Å². The zero-order valence-corrected chi connectivity index (χ0v) is 11.5. The Hall–Kier alpha value is -0.130. The molecule has 0 bridgehead atoms. The highest BCUT2D eigenvalue weighted by molar-refractivity contribution is 14.1. The van der Waals surface area contributed by atoms with Gasteiger partial charge in [0.15, 0.2) is 0 Å². The molecule has 3 heteroatoms. The average molecular weight is 319 g/mol. The average Bonchev–Trinajstić information content (AvgIpc) is 2.21. The van der Waals surface area contributed by atoms with Crippen molar-refractivity contribution in [1.82, 2.24) is 0 Å². The fraction of sp³-hybridized carbons (Fsp3) is 0.500. The van der Waals surface area contributed by atoms with Crippen molar-refractivity contribution in [2.75, 3.05) is 6.61 Å². The Morgan fingerprint density at radius 3 is 2.47 bits per heavy atom. The zero-order chi connectivity index (χ0) is 11.3. The molecule has 0 fully saturated rings. The molecule has 0 spiro atoms. The van der Waals surface area contributed by atoms with E-state index in [0.717, 1.165) is 6.42 Å². The summed E-state index contributed by atoms with van der Waals surface area (Å²) in [5.41, 5.74) is 6.97. The van der Waals surface area contributed by atoms with Crippen molar-refractivity contribution in [1.29, 1.82) is 0 Å². The van der Waals surface area contributed by atoms with Gasteiger partial charge in [-0.2, -0.15) is 0 Å². The maximum absolute atomic E-state index is 5.98. The summed E-state index contributed by atoms with van der Waals surface area (Å²) in [5.74, 6) is 0.